The van der Waals surface area contributed by atoms with E-state index in [9.17, 15) is 13.2 Å². The topological polar surface area (TPSA) is 122 Å². The third-order valence-corrected chi connectivity index (χ3v) is 4.83. The van der Waals surface area contributed by atoms with Crippen molar-refractivity contribution in [3.8, 4) is 0 Å². The molecule has 10 heteroatoms. The summed E-state index contributed by atoms with van der Waals surface area (Å²) in [5.74, 6) is 0.0461. The lowest BCUT2D eigenvalue weighted by Crippen LogP contribution is -2.30. The maximum Gasteiger partial charge on any atom is 0.343 e. The average Bonchev–Trinajstić information content (AvgIpc) is 2.66. The Morgan fingerprint density at radius 1 is 1.15 bits per heavy atom. The van der Waals surface area contributed by atoms with Crippen molar-refractivity contribution in [3.63, 3.8) is 0 Å². The zero-order chi connectivity index (χ0) is 19.7. The van der Waals surface area contributed by atoms with E-state index in [0.29, 0.717) is 12.4 Å². The zero-order valence-corrected chi connectivity index (χ0v) is 16.0. The van der Waals surface area contributed by atoms with Crippen LogP contribution in [0.1, 0.15) is 24.2 Å². The minimum absolute atomic E-state index is 0.0167. The van der Waals surface area contributed by atoms with E-state index in [2.05, 4.69) is 25.3 Å². The number of para-hydroxylation sites is 1. The van der Waals surface area contributed by atoms with E-state index in [1.807, 2.05) is 30.3 Å². The molecule has 1 aromatic heterocycles. The molecule has 0 spiro atoms. The summed E-state index contributed by atoms with van der Waals surface area (Å²) in [7, 11) is -3.25. The molecule has 0 fully saturated rings. The van der Waals surface area contributed by atoms with Crippen molar-refractivity contribution in [2.75, 3.05) is 36.1 Å². The second kappa shape index (κ2) is 9.83. The monoisotopic (exact) mass is 393 g/mol. The van der Waals surface area contributed by atoms with Crippen LogP contribution in [-0.4, -0.2) is 49.8 Å². The molecule has 0 unspecified atom stereocenters. The highest BCUT2D eigenvalue weighted by atomic mass is 32.2. The molecular formula is C17H23N5O4S. The van der Waals surface area contributed by atoms with Gasteiger partial charge in [0, 0.05) is 25.0 Å². The molecule has 0 bridgehead atoms. The maximum atomic E-state index is 12.1. The van der Waals surface area contributed by atoms with E-state index in [4.69, 9.17) is 4.74 Å². The van der Waals surface area contributed by atoms with E-state index in [-0.39, 0.29) is 30.4 Å². The van der Waals surface area contributed by atoms with Crippen molar-refractivity contribution in [3.05, 3.63) is 42.1 Å². The quantitative estimate of drug-likeness (QED) is 0.412. The highest BCUT2D eigenvalue weighted by Crippen LogP contribution is 2.20. The van der Waals surface area contributed by atoms with Gasteiger partial charge in [0.15, 0.2) is 5.82 Å². The molecular weight excluding hydrogens is 370 g/mol. The van der Waals surface area contributed by atoms with Crippen LogP contribution in [-0.2, 0) is 14.8 Å². The summed E-state index contributed by atoms with van der Waals surface area (Å²) in [6.07, 6.45) is 1.37. The molecule has 0 amide bonds. The first-order valence-corrected chi connectivity index (χ1v) is 10.2. The number of carbonyl (C=O) groups excluding carboxylic acids is 1. The number of hydrogen-bond acceptors (Lipinski definition) is 8. The Bertz CT molecular complexity index is 859. The lowest BCUT2D eigenvalue weighted by Gasteiger charge is -2.12. The third-order valence-electron chi connectivity index (χ3n) is 3.43. The number of ether oxygens (including phenoxy) is 1. The van der Waals surface area contributed by atoms with Crippen LogP contribution in [0.3, 0.4) is 0 Å². The standard InChI is InChI=1S/C17H23N5O4S/c1-3-26-16(23)14-12-19-17(18-10-11-20-27(24,25)4-2)22-15(14)21-13-8-6-5-7-9-13/h5-9,12,20H,3-4,10-11H2,1-2H3,(H2,18,19,21,22). The van der Waals surface area contributed by atoms with Gasteiger partial charge < -0.3 is 15.4 Å². The average molecular weight is 393 g/mol. The number of aromatic nitrogens is 2. The smallest absolute Gasteiger partial charge is 0.343 e. The highest BCUT2D eigenvalue weighted by molar-refractivity contribution is 7.89. The fourth-order valence-corrected chi connectivity index (χ4v) is 2.68. The molecule has 1 aromatic carbocycles. The van der Waals surface area contributed by atoms with E-state index in [1.54, 1.807) is 13.8 Å². The molecule has 0 radical (unpaired) electrons. The Morgan fingerprint density at radius 2 is 1.89 bits per heavy atom. The first kappa shape index (κ1) is 20.6. The van der Waals surface area contributed by atoms with Crippen LogP contribution < -0.4 is 15.4 Å². The minimum atomic E-state index is -3.25. The molecule has 3 N–H and O–H groups in total. The van der Waals surface area contributed by atoms with Crippen LogP contribution in [0.4, 0.5) is 17.5 Å². The summed E-state index contributed by atoms with van der Waals surface area (Å²) < 4.78 is 30.3. The molecule has 0 aliphatic carbocycles. The van der Waals surface area contributed by atoms with E-state index < -0.39 is 16.0 Å². The van der Waals surface area contributed by atoms with Gasteiger partial charge in [0.05, 0.1) is 12.4 Å². The third kappa shape index (κ3) is 6.50. The van der Waals surface area contributed by atoms with Crippen LogP contribution in [0.25, 0.3) is 0 Å². The van der Waals surface area contributed by atoms with Gasteiger partial charge in [-0.05, 0) is 26.0 Å². The predicted molar refractivity (Wildman–Crippen MR) is 104 cm³/mol. The van der Waals surface area contributed by atoms with Crippen LogP contribution >= 0.6 is 0 Å². The lowest BCUT2D eigenvalue weighted by molar-refractivity contribution is 0.0526. The second-order valence-electron chi connectivity index (χ2n) is 5.39. The molecule has 9 nitrogen and oxygen atoms in total. The zero-order valence-electron chi connectivity index (χ0n) is 15.2. The van der Waals surface area contributed by atoms with Gasteiger partial charge in [-0.2, -0.15) is 4.98 Å². The number of hydrogen-bond donors (Lipinski definition) is 3. The van der Waals surface area contributed by atoms with Crippen molar-refractivity contribution in [1.82, 2.24) is 14.7 Å². The molecule has 2 rings (SSSR count). The van der Waals surface area contributed by atoms with Gasteiger partial charge in [0.1, 0.15) is 5.56 Å². The van der Waals surface area contributed by atoms with Crippen molar-refractivity contribution in [2.45, 2.75) is 13.8 Å². The summed E-state index contributed by atoms with van der Waals surface area (Å²) in [6.45, 7) is 4.01. The van der Waals surface area contributed by atoms with Crippen LogP contribution in [0.5, 0.6) is 0 Å². The Balaban J connectivity index is 2.12. The summed E-state index contributed by atoms with van der Waals surface area (Å²) in [6, 6.07) is 9.26. The van der Waals surface area contributed by atoms with Gasteiger partial charge in [-0.15, -0.1) is 0 Å². The normalized spacial score (nSPS) is 11.0. The van der Waals surface area contributed by atoms with Crippen molar-refractivity contribution >= 4 is 33.4 Å². The molecule has 0 saturated heterocycles. The SMILES string of the molecule is CCOC(=O)c1cnc(NCCNS(=O)(=O)CC)nc1Nc1ccccc1. The molecule has 27 heavy (non-hydrogen) atoms. The van der Waals surface area contributed by atoms with E-state index >= 15 is 0 Å². The van der Waals surface area contributed by atoms with Crippen molar-refractivity contribution in [2.24, 2.45) is 0 Å². The molecule has 1 heterocycles. The fraction of sp³-hybridized carbons (Fsp3) is 0.353. The van der Waals surface area contributed by atoms with Gasteiger partial charge in [0.25, 0.3) is 0 Å². The van der Waals surface area contributed by atoms with Gasteiger partial charge in [-0.3, -0.25) is 0 Å². The number of rotatable bonds is 10. The van der Waals surface area contributed by atoms with Crippen LogP contribution in [0.2, 0.25) is 0 Å². The van der Waals surface area contributed by atoms with E-state index in [0.717, 1.165) is 5.69 Å². The Hall–Kier alpha value is -2.72. The number of anilines is 3. The Morgan fingerprint density at radius 3 is 2.56 bits per heavy atom. The summed E-state index contributed by atoms with van der Waals surface area (Å²) >= 11 is 0. The fourth-order valence-electron chi connectivity index (χ4n) is 2.06. The summed E-state index contributed by atoms with van der Waals surface area (Å²) in [5.41, 5.74) is 0.960. The van der Waals surface area contributed by atoms with Crippen LogP contribution in [0, 0.1) is 0 Å². The predicted octanol–water partition coefficient (Wildman–Crippen LogP) is 1.75. The first-order chi connectivity index (χ1) is 12.9. The van der Waals surface area contributed by atoms with Crippen LogP contribution in [0.15, 0.2) is 36.5 Å². The summed E-state index contributed by atoms with van der Waals surface area (Å²) in [5, 5.41) is 6.00. The van der Waals surface area contributed by atoms with Gasteiger partial charge in [0.2, 0.25) is 16.0 Å². The molecule has 0 aliphatic rings. The lowest BCUT2D eigenvalue weighted by atomic mass is 10.2. The molecule has 146 valence electrons. The Kier molecular flexibility index (Phi) is 7.50. The molecule has 0 saturated carbocycles. The molecule has 2 aromatic rings. The summed E-state index contributed by atoms with van der Waals surface area (Å²) in [4.78, 5) is 20.5. The number of nitrogens with zero attached hydrogens (tertiary/aromatic N) is 2. The molecule has 0 aliphatic heterocycles. The largest absolute Gasteiger partial charge is 0.462 e. The number of nitrogens with one attached hydrogen (secondary N) is 3. The number of carbonyl (C=O) groups is 1. The minimum Gasteiger partial charge on any atom is -0.462 e. The number of benzene rings is 1. The Labute approximate surface area is 158 Å². The first-order valence-electron chi connectivity index (χ1n) is 8.52. The van der Waals surface area contributed by atoms with Crippen molar-refractivity contribution in [1.29, 1.82) is 0 Å². The van der Waals surface area contributed by atoms with Crippen molar-refractivity contribution < 1.29 is 17.9 Å². The van der Waals surface area contributed by atoms with Gasteiger partial charge in [-0.1, -0.05) is 18.2 Å². The number of sulfonamides is 1. The highest BCUT2D eigenvalue weighted by Gasteiger charge is 2.16. The van der Waals surface area contributed by atoms with Gasteiger partial charge in [-0.25, -0.2) is 22.9 Å². The van der Waals surface area contributed by atoms with E-state index in [1.165, 1.54) is 6.20 Å². The second-order valence-corrected chi connectivity index (χ2v) is 7.49. The van der Waals surface area contributed by atoms with Gasteiger partial charge >= 0.3 is 5.97 Å². The number of esters is 1. The molecule has 0 atom stereocenters. The maximum absolute atomic E-state index is 12.1.